The zero-order valence-corrected chi connectivity index (χ0v) is 12.1. The number of fused-ring (bicyclic) bond motifs is 1. The number of aliphatic hydroxyl groups excluding tert-OH is 1. The third kappa shape index (κ3) is 3.17. The second-order valence-electron chi connectivity index (χ2n) is 4.51. The molecule has 1 unspecified atom stereocenters. The fraction of sp³-hybridized carbons (Fsp3) is 0.429. The van der Waals surface area contributed by atoms with Crippen molar-refractivity contribution < 1.29 is 9.84 Å². The number of aromatic nitrogens is 2. The Morgan fingerprint density at radius 1 is 1.35 bits per heavy atom. The van der Waals surface area contributed by atoms with E-state index in [0.29, 0.717) is 24.1 Å². The van der Waals surface area contributed by atoms with Crippen LogP contribution in [0.5, 0.6) is 5.88 Å². The molecule has 0 saturated heterocycles. The van der Waals surface area contributed by atoms with E-state index < -0.39 is 0 Å². The van der Waals surface area contributed by atoms with Crippen LogP contribution in [-0.2, 0) is 0 Å². The number of halogens is 1. The number of nitrogens with two attached hydrogens (primary N) is 1. The monoisotopic (exact) mass is 295 g/mol. The van der Waals surface area contributed by atoms with Gasteiger partial charge in [-0.05, 0) is 23.4 Å². The van der Waals surface area contributed by atoms with Crippen molar-refractivity contribution in [2.45, 2.75) is 25.8 Å². The summed E-state index contributed by atoms with van der Waals surface area (Å²) in [5.74, 6) is 0.490. The predicted molar refractivity (Wildman–Crippen MR) is 79.0 cm³/mol. The molecular formula is C14H18ClN3O2. The molecule has 5 nitrogen and oxygen atoms in total. The van der Waals surface area contributed by atoms with Gasteiger partial charge < -0.3 is 15.6 Å². The van der Waals surface area contributed by atoms with Crippen LogP contribution in [0, 0.1) is 0 Å². The van der Waals surface area contributed by atoms with E-state index in [1.165, 1.54) is 0 Å². The Morgan fingerprint density at radius 2 is 2.15 bits per heavy atom. The second kappa shape index (κ2) is 6.83. The van der Waals surface area contributed by atoms with Crippen molar-refractivity contribution in [3.05, 3.63) is 29.2 Å². The first kappa shape index (κ1) is 15.0. The number of aliphatic hydroxyl groups is 1. The average molecular weight is 296 g/mol. The van der Waals surface area contributed by atoms with Gasteiger partial charge in [0.05, 0.1) is 12.0 Å². The van der Waals surface area contributed by atoms with Gasteiger partial charge in [0.15, 0.2) is 0 Å². The van der Waals surface area contributed by atoms with Crippen LogP contribution in [0.3, 0.4) is 0 Å². The van der Waals surface area contributed by atoms with E-state index in [2.05, 4.69) is 9.97 Å². The Kier molecular flexibility index (Phi) is 5.11. The number of pyridine rings is 2. The minimum absolute atomic E-state index is 0.0841. The van der Waals surface area contributed by atoms with Crippen LogP contribution in [0.2, 0.25) is 5.15 Å². The van der Waals surface area contributed by atoms with Crippen molar-refractivity contribution in [3.8, 4) is 5.88 Å². The Balaban J connectivity index is 2.47. The van der Waals surface area contributed by atoms with Gasteiger partial charge in [-0.1, -0.05) is 18.5 Å². The molecule has 0 aliphatic rings. The van der Waals surface area contributed by atoms with Crippen molar-refractivity contribution >= 4 is 22.4 Å². The van der Waals surface area contributed by atoms with E-state index in [9.17, 15) is 0 Å². The molecule has 2 rings (SSSR count). The quantitative estimate of drug-likeness (QED) is 0.632. The molecule has 108 valence electrons. The molecule has 0 aromatic carbocycles. The van der Waals surface area contributed by atoms with E-state index in [1.54, 1.807) is 18.5 Å². The Bertz CT molecular complexity index is 592. The summed E-state index contributed by atoms with van der Waals surface area (Å²) in [4.78, 5) is 8.39. The first-order valence-corrected chi connectivity index (χ1v) is 6.98. The topological polar surface area (TPSA) is 81.3 Å². The molecule has 0 aliphatic heterocycles. The van der Waals surface area contributed by atoms with Crippen LogP contribution in [0.4, 0.5) is 0 Å². The highest BCUT2D eigenvalue weighted by Crippen LogP contribution is 2.30. The maximum Gasteiger partial charge on any atom is 0.222 e. The Hall–Kier alpha value is -1.43. The summed E-state index contributed by atoms with van der Waals surface area (Å²) >= 11 is 5.97. The first-order valence-electron chi connectivity index (χ1n) is 6.60. The predicted octanol–water partition coefficient (Wildman–Crippen LogP) is 2.45. The Morgan fingerprint density at radius 3 is 2.85 bits per heavy atom. The Labute approximate surface area is 122 Å². The summed E-state index contributed by atoms with van der Waals surface area (Å²) < 4.78 is 5.57. The lowest BCUT2D eigenvalue weighted by molar-refractivity contribution is 0.231. The highest BCUT2D eigenvalue weighted by atomic mass is 35.5. The van der Waals surface area contributed by atoms with E-state index in [0.717, 1.165) is 22.8 Å². The molecule has 0 bridgehead atoms. The van der Waals surface area contributed by atoms with Gasteiger partial charge in [-0.15, -0.1) is 0 Å². The third-order valence-corrected chi connectivity index (χ3v) is 3.32. The number of hydrogen-bond donors (Lipinski definition) is 2. The number of hydrogen-bond acceptors (Lipinski definition) is 5. The highest BCUT2D eigenvalue weighted by Gasteiger charge is 2.14. The van der Waals surface area contributed by atoms with Crippen LogP contribution in [0.25, 0.3) is 10.8 Å². The van der Waals surface area contributed by atoms with Gasteiger partial charge in [0.2, 0.25) is 5.88 Å². The molecule has 2 aromatic rings. The van der Waals surface area contributed by atoms with Crippen LogP contribution in [0.1, 0.15) is 31.4 Å². The van der Waals surface area contributed by atoms with Gasteiger partial charge in [-0.2, -0.15) is 0 Å². The van der Waals surface area contributed by atoms with Crippen LogP contribution in [0.15, 0.2) is 18.5 Å². The molecule has 0 saturated carbocycles. The molecule has 6 heteroatoms. The number of ether oxygens (including phenoxy) is 1. The maximum absolute atomic E-state index is 8.80. The van der Waals surface area contributed by atoms with E-state index in [4.69, 9.17) is 27.2 Å². The normalized spacial score (nSPS) is 12.6. The van der Waals surface area contributed by atoms with Gasteiger partial charge in [0, 0.05) is 31.5 Å². The standard InChI is InChI=1S/C14H18ClN3O2/c1-2-12(16)10-7-18-14(20-5-3-4-19)11-8-17-13(15)6-9(10)11/h6-8,12,19H,2-5,16H2,1H3. The summed E-state index contributed by atoms with van der Waals surface area (Å²) in [5, 5.41) is 10.9. The van der Waals surface area contributed by atoms with Crippen molar-refractivity contribution in [3.63, 3.8) is 0 Å². The zero-order valence-electron chi connectivity index (χ0n) is 11.3. The molecule has 2 heterocycles. The lowest BCUT2D eigenvalue weighted by atomic mass is 10.0. The number of rotatable bonds is 6. The minimum atomic E-state index is -0.102. The lowest BCUT2D eigenvalue weighted by Crippen LogP contribution is -2.10. The molecule has 0 radical (unpaired) electrons. The third-order valence-electron chi connectivity index (χ3n) is 3.11. The van der Waals surface area contributed by atoms with Crippen LogP contribution in [-0.4, -0.2) is 28.3 Å². The second-order valence-corrected chi connectivity index (χ2v) is 4.90. The van der Waals surface area contributed by atoms with Crippen molar-refractivity contribution in [2.24, 2.45) is 5.73 Å². The van der Waals surface area contributed by atoms with Gasteiger partial charge in [-0.3, -0.25) is 0 Å². The average Bonchev–Trinajstić information content (AvgIpc) is 2.46. The number of nitrogens with zero attached hydrogens (tertiary/aromatic N) is 2. The summed E-state index contributed by atoms with van der Waals surface area (Å²) in [6, 6.07) is 1.68. The fourth-order valence-corrected chi connectivity index (χ4v) is 2.13. The minimum Gasteiger partial charge on any atom is -0.477 e. The van der Waals surface area contributed by atoms with Gasteiger partial charge in [0.1, 0.15) is 5.15 Å². The molecule has 0 fully saturated rings. The van der Waals surface area contributed by atoms with Crippen molar-refractivity contribution in [1.82, 2.24) is 9.97 Å². The molecule has 20 heavy (non-hydrogen) atoms. The first-order chi connectivity index (χ1) is 9.67. The summed E-state index contributed by atoms with van der Waals surface area (Å²) in [5.41, 5.74) is 7.04. The highest BCUT2D eigenvalue weighted by molar-refractivity contribution is 6.30. The van der Waals surface area contributed by atoms with Gasteiger partial charge in [-0.25, -0.2) is 9.97 Å². The van der Waals surface area contributed by atoms with E-state index >= 15 is 0 Å². The summed E-state index contributed by atoms with van der Waals surface area (Å²) in [6.45, 7) is 2.51. The molecule has 1 atom stereocenters. The molecular weight excluding hydrogens is 278 g/mol. The maximum atomic E-state index is 8.80. The van der Waals surface area contributed by atoms with E-state index in [1.807, 2.05) is 6.92 Å². The lowest BCUT2D eigenvalue weighted by Gasteiger charge is -2.15. The zero-order chi connectivity index (χ0) is 14.5. The summed E-state index contributed by atoms with van der Waals surface area (Å²) in [6.07, 6.45) is 4.73. The van der Waals surface area contributed by atoms with Gasteiger partial charge in [0.25, 0.3) is 0 Å². The van der Waals surface area contributed by atoms with Crippen molar-refractivity contribution in [2.75, 3.05) is 13.2 Å². The van der Waals surface area contributed by atoms with E-state index in [-0.39, 0.29) is 12.6 Å². The van der Waals surface area contributed by atoms with Crippen LogP contribution < -0.4 is 10.5 Å². The van der Waals surface area contributed by atoms with Crippen molar-refractivity contribution in [1.29, 1.82) is 0 Å². The largest absolute Gasteiger partial charge is 0.477 e. The molecule has 2 aromatic heterocycles. The van der Waals surface area contributed by atoms with Crippen LogP contribution >= 0.6 is 11.6 Å². The molecule has 0 amide bonds. The smallest absolute Gasteiger partial charge is 0.222 e. The SMILES string of the molecule is CCC(N)c1cnc(OCCCO)c2cnc(Cl)cc12. The molecule has 0 spiro atoms. The summed E-state index contributed by atoms with van der Waals surface area (Å²) in [7, 11) is 0. The van der Waals surface area contributed by atoms with Gasteiger partial charge >= 0.3 is 0 Å². The molecule has 0 aliphatic carbocycles. The fourth-order valence-electron chi connectivity index (χ4n) is 1.97. The molecule has 3 N–H and O–H groups in total.